The van der Waals surface area contributed by atoms with E-state index >= 15 is 0 Å². The Morgan fingerprint density at radius 2 is 1.33 bits per heavy atom. The van der Waals surface area contributed by atoms with Crippen LogP contribution in [-0.4, -0.2) is 6.67 Å². The van der Waals surface area contributed by atoms with Crippen molar-refractivity contribution in [1.82, 2.24) is 0 Å². The largest absolute Gasteiger partial charge is 0.247 e. The van der Waals surface area contributed by atoms with E-state index < -0.39 is 0 Å². The van der Waals surface area contributed by atoms with Crippen LogP contribution in [0.2, 0.25) is 0 Å². The van der Waals surface area contributed by atoms with E-state index in [2.05, 4.69) is 55.5 Å². The maximum atomic E-state index is 12.1. The Labute approximate surface area is 164 Å². The molecule has 1 aliphatic rings. The Morgan fingerprint density at radius 3 is 1.89 bits per heavy atom. The van der Waals surface area contributed by atoms with E-state index in [-0.39, 0.29) is 6.67 Å². The fourth-order valence-corrected chi connectivity index (χ4v) is 4.28. The predicted molar refractivity (Wildman–Crippen MR) is 115 cm³/mol. The van der Waals surface area contributed by atoms with Crippen LogP contribution in [0.25, 0.3) is 11.1 Å². The molecule has 27 heavy (non-hydrogen) atoms. The minimum atomic E-state index is -0.321. The summed E-state index contributed by atoms with van der Waals surface area (Å²) in [5, 5.41) is 0. The van der Waals surface area contributed by atoms with Crippen molar-refractivity contribution in [3.63, 3.8) is 0 Å². The minimum absolute atomic E-state index is 0.321. The first kappa shape index (κ1) is 19.9. The molecule has 0 aliphatic heterocycles. The first-order valence-corrected chi connectivity index (χ1v) is 10.7. The van der Waals surface area contributed by atoms with Gasteiger partial charge in [-0.25, -0.2) is 4.39 Å². The number of allylic oxidation sites excluding steroid dienone is 2. The van der Waals surface area contributed by atoms with E-state index in [0.29, 0.717) is 0 Å². The number of hydrogen-bond donors (Lipinski definition) is 0. The van der Waals surface area contributed by atoms with Crippen molar-refractivity contribution in [2.24, 2.45) is 11.8 Å². The first-order chi connectivity index (χ1) is 13.3. The van der Waals surface area contributed by atoms with Crippen LogP contribution in [0.3, 0.4) is 0 Å². The summed E-state index contributed by atoms with van der Waals surface area (Å²) in [5.41, 5.74) is 5.46. The third-order valence-electron chi connectivity index (χ3n) is 6.18. The lowest BCUT2D eigenvalue weighted by Gasteiger charge is -2.28. The van der Waals surface area contributed by atoms with Crippen molar-refractivity contribution in [2.45, 2.75) is 58.3 Å². The van der Waals surface area contributed by atoms with Gasteiger partial charge in [-0.15, -0.1) is 0 Å². The highest BCUT2D eigenvalue weighted by Gasteiger charge is 2.20. The van der Waals surface area contributed by atoms with Crippen molar-refractivity contribution >= 4 is 0 Å². The highest BCUT2D eigenvalue weighted by molar-refractivity contribution is 5.63. The van der Waals surface area contributed by atoms with Crippen molar-refractivity contribution in [1.29, 1.82) is 0 Å². The van der Waals surface area contributed by atoms with Crippen LogP contribution in [0.4, 0.5) is 4.39 Å². The zero-order valence-corrected chi connectivity index (χ0v) is 16.7. The van der Waals surface area contributed by atoms with Crippen LogP contribution in [0, 0.1) is 11.8 Å². The zero-order valence-electron chi connectivity index (χ0n) is 16.7. The van der Waals surface area contributed by atoms with Gasteiger partial charge in [0.25, 0.3) is 0 Å². The van der Waals surface area contributed by atoms with Crippen molar-refractivity contribution in [2.75, 3.05) is 6.67 Å². The second-order valence-corrected chi connectivity index (χ2v) is 8.03. The maximum Gasteiger partial charge on any atom is 0.108 e. The van der Waals surface area contributed by atoms with E-state index in [0.717, 1.165) is 24.7 Å². The summed E-state index contributed by atoms with van der Waals surface area (Å²) in [7, 11) is 0. The van der Waals surface area contributed by atoms with Gasteiger partial charge in [-0.05, 0) is 72.6 Å². The van der Waals surface area contributed by atoms with Crippen LogP contribution < -0.4 is 0 Å². The molecule has 3 rings (SSSR count). The van der Waals surface area contributed by atoms with Crippen LogP contribution in [0.15, 0.2) is 60.7 Å². The number of alkyl halides is 1. The van der Waals surface area contributed by atoms with Gasteiger partial charge in [-0.3, -0.25) is 0 Å². The zero-order chi connectivity index (χ0) is 18.9. The SMILES string of the molecule is CCc1ccc(-c2ccc(CCC3CCC(C/C=C/CF)CC3)cc2)cc1. The quantitative estimate of drug-likeness (QED) is 0.424. The summed E-state index contributed by atoms with van der Waals surface area (Å²) in [6, 6.07) is 18.1. The molecular weight excluding hydrogens is 331 g/mol. The molecule has 2 aromatic carbocycles. The second kappa shape index (κ2) is 10.4. The standard InChI is InChI=1S/C26H33F/c1-2-21-12-16-25(17-13-21)26-18-14-24(15-19-26)11-10-23-8-6-22(7-9-23)5-3-4-20-27/h3-4,12-19,22-23H,2,5-11,20H2,1H3/b4-3+. The molecule has 0 atom stereocenters. The van der Waals surface area contributed by atoms with Crippen molar-refractivity contribution in [3.8, 4) is 11.1 Å². The third kappa shape index (κ3) is 6.06. The summed E-state index contributed by atoms with van der Waals surface area (Å²) in [4.78, 5) is 0. The fourth-order valence-electron chi connectivity index (χ4n) is 4.28. The molecule has 0 bridgehead atoms. The van der Waals surface area contributed by atoms with Gasteiger partial charge in [0.05, 0.1) is 0 Å². The van der Waals surface area contributed by atoms with E-state index in [1.165, 1.54) is 60.8 Å². The van der Waals surface area contributed by atoms with E-state index in [4.69, 9.17) is 0 Å². The van der Waals surface area contributed by atoms with Crippen molar-refractivity contribution < 1.29 is 4.39 Å². The van der Waals surface area contributed by atoms with Crippen molar-refractivity contribution in [3.05, 3.63) is 71.8 Å². The Morgan fingerprint density at radius 1 is 0.778 bits per heavy atom. The van der Waals surface area contributed by atoms with Crippen LogP contribution in [0.1, 0.15) is 56.6 Å². The molecule has 0 heterocycles. The minimum Gasteiger partial charge on any atom is -0.247 e. The average Bonchev–Trinajstić information content (AvgIpc) is 2.74. The van der Waals surface area contributed by atoms with Gasteiger partial charge in [0.1, 0.15) is 6.67 Å². The normalized spacial score (nSPS) is 20.2. The third-order valence-corrected chi connectivity index (χ3v) is 6.18. The topological polar surface area (TPSA) is 0 Å². The molecule has 0 aromatic heterocycles. The highest BCUT2D eigenvalue weighted by atomic mass is 19.1. The van der Waals surface area contributed by atoms with Crippen LogP contribution >= 0.6 is 0 Å². The Kier molecular flexibility index (Phi) is 7.68. The maximum absolute atomic E-state index is 12.1. The van der Waals surface area contributed by atoms with Gasteiger partial charge in [-0.1, -0.05) is 80.4 Å². The summed E-state index contributed by atoms with van der Waals surface area (Å²) < 4.78 is 12.1. The van der Waals surface area contributed by atoms with Gasteiger partial charge in [0, 0.05) is 0 Å². The fraction of sp³-hybridized carbons (Fsp3) is 0.462. The first-order valence-electron chi connectivity index (χ1n) is 10.7. The number of benzene rings is 2. The van der Waals surface area contributed by atoms with Gasteiger partial charge in [-0.2, -0.15) is 0 Å². The summed E-state index contributed by atoms with van der Waals surface area (Å²) in [6.45, 7) is 1.87. The molecule has 1 saturated carbocycles. The molecule has 2 aromatic rings. The number of aryl methyl sites for hydroxylation is 2. The van der Waals surface area contributed by atoms with Gasteiger partial charge in [0.15, 0.2) is 0 Å². The Bertz CT molecular complexity index is 688. The van der Waals surface area contributed by atoms with E-state index in [9.17, 15) is 4.39 Å². The second-order valence-electron chi connectivity index (χ2n) is 8.03. The average molecular weight is 365 g/mol. The molecule has 0 unspecified atom stereocenters. The molecule has 1 fully saturated rings. The van der Waals surface area contributed by atoms with E-state index in [1.807, 2.05) is 6.08 Å². The Hall–Kier alpha value is -1.89. The molecular formula is C26H33F. The lowest BCUT2D eigenvalue weighted by molar-refractivity contribution is 0.265. The molecule has 144 valence electrons. The monoisotopic (exact) mass is 364 g/mol. The number of halogens is 1. The Balaban J connectivity index is 1.44. The lowest BCUT2D eigenvalue weighted by Crippen LogP contribution is -2.14. The number of rotatable bonds is 8. The molecule has 0 saturated heterocycles. The molecule has 0 radical (unpaired) electrons. The highest BCUT2D eigenvalue weighted by Crippen LogP contribution is 2.33. The smallest absolute Gasteiger partial charge is 0.108 e. The predicted octanol–water partition coefficient (Wildman–Crippen LogP) is 7.57. The lowest BCUT2D eigenvalue weighted by atomic mass is 9.78. The molecule has 0 N–H and O–H groups in total. The summed E-state index contributed by atoms with van der Waals surface area (Å²) in [6.07, 6.45) is 13.7. The molecule has 1 aliphatic carbocycles. The molecule has 0 spiro atoms. The summed E-state index contributed by atoms with van der Waals surface area (Å²) >= 11 is 0. The molecule has 1 heteroatoms. The van der Waals surface area contributed by atoms with E-state index in [1.54, 1.807) is 6.08 Å². The molecule has 0 nitrogen and oxygen atoms in total. The molecule has 0 amide bonds. The van der Waals surface area contributed by atoms with Gasteiger partial charge in [0.2, 0.25) is 0 Å². The summed E-state index contributed by atoms with van der Waals surface area (Å²) in [5.74, 6) is 1.65. The number of hydrogen-bond acceptors (Lipinski definition) is 0. The van der Waals surface area contributed by atoms with Crippen LogP contribution in [0.5, 0.6) is 0 Å². The van der Waals surface area contributed by atoms with Crippen LogP contribution in [-0.2, 0) is 12.8 Å². The van der Waals surface area contributed by atoms with Gasteiger partial charge >= 0.3 is 0 Å². The van der Waals surface area contributed by atoms with Gasteiger partial charge < -0.3 is 0 Å².